The van der Waals surface area contributed by atoms with E-state index < -0.39 is 6.04 Å². The van der Waals surface area contributed by atoms with Gasteiger partial charge in [0.1, 0.15) is 11.8 Å². The fourth-order valence-electron chi connectivity index (χ4n) is 3.39. The molecule has 6 heteroatoms. The van der Waals surface area contributed by atoms with E-state index in [9.17, 15) is 9.59 Å². The lowest BCUT2D eigenvalue weighted by atomic mass is 10.0. The third kappa shape index (κ3) is 6.34. The van der Waals surface area contributed by atoms with E-state index in [-0.39, 0.29) is 25.0 Å². The molecule has 0 fully saturated rings. The minimum absolute atomic E-state index is 0.185. The maximum atomic E-state index is 13.3. The Morgan fingerprint density at radius 1 is 0.969 bits per heavy atom. The Balaban J connectivity index is 1.87. The molecular formula is C26H27ClN2O3. The molecular weight excluding hydrogens is 424 g/mol. The number of aryl methyl sites for hydroxylation is 1. The zero-order valence-corrected chi connectivity index (χ0v) is 19.0. The van der Waals surface area contributed by atoms with Crippen LogP contribution in [0.25, 0.3) is 0 Å². The van der Waals surface area contributed by atoms with Crippen LogP contribution in [0.1, 0.15) is 16.7 Å². The van der Waals surface area contributed by atoms with Crippen molar-refractivity contribution in [1.82, 2.24) is 10.2 Å². The molecule has 0 bridgehead atoms. The number of ether oxygens (including phenoxy) is 1. The molecule has 0 aromatic heterocycles. The van der Waals surface area contributed by atoms with E-state index >= 15 is 0 Å². The Labute approximate surface area is 194 Å². The van der Waals surface area contributed by atoms with E-state index in [0.717, 1.165) is 16.7 Å². The lowest BCUT2D eigenvalue weighted by Crippen LogP contribution is -2.51. The van der Waals surface area contributed by atoms with Crippen molar-refractivity contribution in [1.29, 1.82) is 0 Å². The van der Waals surface area contributed by atoms with E-state index in [1.165, 1.54) is 0 Å². The van der Waals surface area contributed by atoms with Gasteiger partial charge in [0.15, 0.2) is 6.61 Å². The van der Waals surface area contributed by atoms with Crippen LogP contribution in [0.3, 0.4) is 0 Å². The molecule has 2 amide bonds. The molecule has 0 aliphatic carbocycles. The number of benzene rings is 3. The molecule has 0 spiro atoms. The largest absolute Gasteiger partial charge is 0.484 e. The third-order valence-corrected chi connectivity index (χ3v) is 5.57. The lowest BCUT2D eigenvalue weighted by Gasteiger charge is -2.31. The van der Waals surface area contributed by atoms with Gasteiger partial charge in [-0.15, -0.1) is 0 Å². The lowest BCUT2D eigenvalue weighted by molar-refractivity contribution is -0.142. The topological polar surface area (TPSA) is 58.6 Å². The molecule has 1 atom stereocenters. The highest BCUT2D eigenvalue weighted by Crippen LogP contribution is 2.21. The van der Waals surface area contributed by atoms with Gasteiger partial charge in [-0.25, -0.2) is 0 Å². The van der Waals surface area contributed by atoms with Crippen LogP contribution in [0.4, 0.5) is 0 Å². The first-order valence-electron chi connectivity index (χ1n) is 10.5. The van der Waals surface area contributed by atoms with Crippen LogP contribution in [0.2, 0.25) is 5.02 Å². The molecule has 0 aliphatic rings. The van der Waals surface area contributed by atoms with Gasteiger partial charge in [-0.1, -0.05) is 77.8 Å². The van der Waals surface area contributed by atoms with E-state index in [0.29, 0.717) is 17.2 Å². The van der Waals surface area contributed by atoms with Crippen molar-refractivity contribution in [3.05, 3.63) is 101 Å². The number of likely N-dealkylation sites (N-methyl/N-ethyl adjacent to an activating group) is 1. The van der Waals surface area contributed by atoms with Crippen molar-refractivity contribution in [3.8, 4) is 5.75 Å². The summed E-state index contributed by atoms with van der Waals surface area (Å²) in [5, 5.41) is 3.24. The number of carbonyl (C=O) groups is 2. The van der Waals surface area contributed by atoms with Crippen LogP contribution < -0.4 is 10.1 Å². The van der Waals surface area contributed by atoms with Gasteiger partial charge >= 0.3 is 0 Å². The maximum absolute atomic E-state index is 13.3. The van der Waals surface area contributed by atoms with Gasteiger partial charge in [-0.2, -0.15) is 0 Å². The summed E-state index contributed by atoms with van der Waals surface area (Å²) in [4.78, 5) is 27.7. The Kier molecular flexibility index (Phi) is 8.28. The Morgan fingerprint density at radius 3 is 2.28 bits per heavy atom. The summed E-state index contributed by atoms with van der Waals surface area (Å²) >= 11 is 6.37. The van der Waals surface area contributed by atoms with Crippen molar-refractivity contribution in [3.63, 3.8) is 0 Å². The van der Waals surface area contributed by atoms with Gasteiger partial charge in [-0.3, -0.25) is 9.59 Å². The SMILES string of the molecule is CNC(=O)[C@H](Cc1ccccc1)N(Cc1ccccc1Cl)C(=O)COc1ccc(C)cc1. The molecule has 0 aliphatic heterocycles. The normalized spacial score (nSPS) is 11.5. The number of carbonyl (C=O) groups excluding carboxylic acids is 2. The summed E-state index contributed by atoms with van der Waals surface area (Å²) < 4.78 is 5.73. The number of hydrogen-bond donors (Lipinski definition) is 1. The summed E-state index contributed by atoms with van der Waals surface area (Å²) in [5.74, 6) is 0.0563. The minimum Gasteiger partial charge on any atom is -0.484 e. The Morgan fingerprint density at radius 2 is 1.62 bits per heavy atom. The number of nitrogens with one attached hydrogen (secondary N) is 1. The first-order chi connectivity index (χ1) is 15.5. The van der Waals surface area contributed by atoms with Crippen LogP contribution in [0, 0.1) is 6.92 Å². The number of halogens is 1. The second-order valence-corrected chi connectivity index (χ2v) is 7.94. The zero-order valence-electron chi connectivity index (χ0n) is 18.3. The summed E-state index contributed by atoms with van der Waals surface area (Å²) in [6, 6.07) is 23.7. The first-order valence-corrected chi connectivity index (χ1v) is 10.8. The van der Waals surface area contributed by atoms with Crippen LogP contribution in [0.15, 0.2) is 78.9 Å². The molecule has 5 nitrogen and oxygen atoms in total. The summed E-state index contributed by atoms with van der Waals surface area (Å²) in [6.07, 6.45) is 0.376. The molecule has 1 N–H and O–H groups in total. The molecule has 3 rings (SSSR count). The Hall–Kier alpha value is -3.31. The van der Waals surface area contributed by atoms with E-state index in [1.807, 2.05) is 79.7 Å². The fraction of sp³-hybridized carbons (Fsp3) is 0.231. The monoisotopic (exact) mass is 450 g/mol. The molecule has 32 heavy (non-hydrogen) atoms. The molecule has 0 saturated heterocycles. The predicted molar refractivity (Wildman–Crippen MR) is 127 cm³/mol. The Bertz CT molecular complexity index is 1040. The second kappa shape index (κ2) is 11.3. The van der Waals surface area contributed by atoms with Gasteiger partial charge in [0.05, 0.1) is 0 Å². The number of nitrogens with zero attached hydrogens (tertiary/aromatic N) is 1. The fourth-order valence-corrected chi connectivity index (χ4v) is 3.59. The summed E-state index contributed by atoms with van der Waals surface area (Å²) in [6.45, 7) is 1.99. The van der Waals surface area contributed by atoms with E-state index in [2.05, 4.69) is 5.32 Å². The highest BCUT2D eigenvalue weighted by molar-refractivity contribution is 6.31. The highest BCUT2D eigenvalue weighted by atomic mass is 35.5. The zero-order chi connectivity index (χ0) is 22.9. The number of hydrogen-bond acceptors (Lipinski definition) is 3. The second-order valence-electron chi connectivity index (χ2n) is 7.53. The maximum Gasteiger partial charge on any atom is 0.261 e. The molecule has 0 saturated carbocycles. The van der Waals surface area contributed by atoms with Crippen molar-refractivity contribution in [2.75, 3.05) is 13.7 Å². The summed E-state index contributed by atoms with van der Waals surface area (Å²) in [7, 11) is 1.57. The molecule has 3 aromatic carbocycles. The average Bonchev–Trinajstić information content (AvgIpc) is 2.82. The quantitative estimate of drug-likeness (QED) is 0.525. The van der Waals surface area contributed by atoms with Gasteiger partial charge < -0.3 is 15.0 Å². The van der Waals surface area contributed by atoms with Gasteiger partial charge in [0, 0.05) is 25.0 Å². The average molecular weight is 451 g/mol. The van der Waals surface area contributed by atoms with Crippen LogP contribution in [-0.4, -0.2) is 36.4 Å². The van der Waals surface area contributed by atoms with Gasteiger partial charge in [0.25, 0.3) is 5.91 Å². The van der Waals surface area contributed by atoms with Crippen LogP contribution in [0.5, 0.6) is 5.75 Å². The van der Waals surface area contributed by atoms with Crippen molar-refractivity contribution >= 4 is 23.4 Å². The third-order valence-electron chi connectivity index (χ3n) is 5.20. The number of rotatable bonds is 9. The van der Waals surface area contributed by atoms with Crippen LogP contribution in [-0.2, 0) is 22.6 Å². The predicted octanol–water partition coefficient (Wildman–Crippen LogP) is 4.41. The molecule has 0 heterocycles. The van der Waals surface area contributed by atoms with E-state index in [4.69, 9.17) is 16.3 Å². The molecule has 3 aromatic rings. The van der Waals surface area contributed by atoms with Crippen molar-refractivity contribution < 1.29 is 14.3 Å². The van der Waals surface area contributed by atoms with Crippen molar-refractivity contribution in [2.45, 2.75) is 25.9 Å². The highest BCUT2D eigenvalue weighted by Gasteiger charge is 2.30. The van der Waals surface area contributed by atoms with Gasteiger partial charge in [-0.05, 0) is 36.2 Å². The smallest absolute Gasteiger partial charge is 0.261 e. The molecule has 0 radical (unpaired) electrons. The summed E-state index contributed by atoms with van der Waals surface area (Å²) in [5.41, 5.74) is 2.82. The van der Waals surface area contributed by atoms with Crippen LogP contribution >= 0.6 is 11.6 Å². The number of amides is 2. The van der Waals surface area contributed by atoms with Crippen molar-refractivity contribution in [2.24, 2.45) is 0 Å². The molecule has 0 unspecified atom stereocenters. The van der Waals surface area contributed by atoms with E-state index in [1.54, 1.807) is 18.0 Å². The first kappa shape index (κ1) is 23.4. The standard InChI is InChI=1S/C26H27ClN2O3/c1-19-12-14-22(15-13-19)32-18-25(30)29(17-21-10-6-7-11-23(21)27)24(26(31)28-2)16-20-8-4-3-5-9-20/h3-15,24H,16-18H2,1-2H3,(H,28,31)/t24-/m0/s1. The molecule has 166 valence electrons. The minimum atomic E-state index is -0.715. The van der Waals surface area contributed by atoms with Gasteiger partial charge in [0.2, 0.25) is 5.91 Å².